The van der Waals surface area contributed by atoms with Gasteiger partial charge in [-0.25, -0.2) is 8.78 Å². The third-order valence-corrected chi connectivity index (χ3v) is 5.42. The second-order valence-corrected chi connectivity index (χ2v) is 7.76. The van der Waals surface area contributed by atoms with Gasteiger partial charge in [0.05, 0.1) is 17.1 Å². The summed E-state index contributed by atoms with van der Waals surface area (Å²) in [5, 5.41) is 4.30. The molecule has 0 aliphatic rings. The molecule has 0 fully saturated rings. The van der Waals surface area contributed by atoms with Crippen LogP contribution in [0.25, 0.3) is 16.9 Å². The van der Waals surface area contributed by atoms with Gasteiger partial charge in [-0.1, -0.05) is 47.1 Å². The SMILES string of the molecule is C/C(=N/OCc1ccc(C)cc1)c1cc(-c2ccc(F)cc2)n(-c2ccccc2F)c1C. The van der Waals surface area contributed by atoms with Gasteiger partial charge >= 0.3 is 0 Å². The zero-order valence-electron chi connectivity index (χ0n) is 18.3. The third kappa shape index (κ3) is 4.47. The minimum atomic E-state index is -0.341. The van der Waals surface area contributed by atoms with Crippen LogP contribution in [-0.4, -0.2) is 10.3 Å². The Kier molecular flexibility index (Phi) is 6.17. The second kappa shape index (κ2) is 9.18. The smallest absolute Gasteiger partial charge is 0.147 e. The Morgan fingerprint density at radius 3 is 2.28 bits per heavy atom. The summed E-state index contributed by atoms with van der Waals surface area (Å²) in [6.45, 7) is 6.16. The molecule has 4 rings (SSSR count). The summed E-state index contributed by atoms with van der Waals surface area (Å²) in [6, 6.07) is 22.8. The van der Waals surface area contributed by atoms with Crippen molar-refractivity contribution in [3.05, 3.63) is 113 Å². The summed E-state index contributed by atoms with van der Waals surface area (Å²) in [7, 11) is 0. The van der Waals surface area contributed by atoms with Gasteiger partial charge in [-0.05, 0) is 74.4 Å². The zero-order chi connectivity index (χ0) is 22.7. The highest BCUT2D eigenvalue weighted by Gasteiger charge is 2.19. The van der Waals surface area contributed by atoms with Gasteiger partial charge in [0.25, 0.3) is 0 Å². The Morgan fingerprint density at radius 2 is 1.59 bits per heavy atom. The number of hydrogen-bond donors (Lipinski definition) is 0. The number of aryl methyl sites for hydroxylation is 1. The van der Waals surface area contributed by atoms with Crippen LogP contribution >= 0.6 is 0 Å². The molecule has 0 N–H and O–H groups in total. The van der Waals surface area contributed by atoms with Crippen LogP contribution in [0.4, 0.5) is 8.78 Å². The fraction of sp³-hybridized carbons (Fsp3) is 0.148. The summed E-state index contributed by atoms with van der Waals surface area (Å²) >= 11 is 0. The van der Waals surface area contributed by atoms with Crippen LogP contribution in [-0.2, 0) is 11.4 Å². The molecule has 0 unspecified atom stereocenters. The van der Waals surface area contributed by atoms with Crippen molar-refractivity contribution in [2.45, 2.75) is 27.4 Å². The molecule has 3 aromatic carbocycles. The van der Waals surface area contributed by atoms with Crippen LogP contribution in [0.3, 0.4) is 0 Å². The maximum atomic E-state index is 14.7. The number of rotatable bonds is 6. The zero-order valence-corrected chi connectivity index (χ0v) is 18.3. The number of hydrogen-bond acceptors (Lipinski definition) is 2. The van der Waals surface area contributed by atoms with Crippen molar-refractivity contribution in [2.24, 2.45) is 5.16 Å². The standard InChI is InChI=1S/C27H24F2N2O/c1-18-8-10-21(11-9-18)17-32-30-19(2)24-16-27(22-12-14-23(28)15-13-22)31(20(24)3)26-7-5-4-6-25(26)29/h4-16H,17H2,1-3H3/b30-19-. The summed E-state index contributed by atoms with van der Waals surface area (Å²) < 4.78 is 30.0. The predicted molar refractivity (Wildman–Crippen MR) is 124 cm³/mol. The summed E-state index contributed by atoms with van der Waals surface area (Å²) in [5.74, 6) is -0.664. The molecular weight excluding hydrogens is 406 g/mol. The number of para-hydroxylation sites is 1. The van der Waals surface area contributed by atoms with Gasteiger partial charge in [0, 0.05) is 11.3 Å². The lowest BCUT2D eigenvalue weighted by molar-refractivity contribution is 0.130. The summed E-state index contributed by atoms with van der Waals surface area (Å²) in [5.41, 5.74) is 6.47. The van der Waals surface area contributed by atoms with E-state index < -0.39 is 0 Å². The average Bonchev–Trinajstić information content (AvgIpc) is 3.13. The number of halogens is 2. The molecule has 32 heavy (non-hydrogen) atoms. The topological polar surface area (TPSA) is 26.5 Å². The molecule has 0 aliphatic heterocycles. The first-order valence-corrected chi connectivity index (χ1v) is 10.4. The lowest BCUT2D eigenvalue weighted by Gasteiger charge is -2.13. The van der Waals surface area contributed by atoms with E-state index in [0.29, 0.717) is 18.0 Å². The number of benzene rings is 3. The van der Waals surface area contributed by atoms with E-state index in [1.54, 1.807) is 30.3 Å². The third-order valence-electron chi connectivity index (χ3n) is 5.42. The van der Waals surface area contributed by atoms with Crippen LogP contribution in [0.5, 0.6) is 0 Å². The van der Waals surface area contributed by atoms with Gasteiger partial charge in [0.1, 0.15) is 18.2 Å². The van der Waals surface area contributed by atoms with Gasteiger partial charge in [-0.2, -0.15) is 0 Å². The molecule has 5 heteroatoms. The maximum Gasteiger partial charge on any atom is 0.147 e. The molecule has 1 aromatic heterocycles. The van der Waals surface area contributed by atoms with Crippen LogP contribution in [0, 0.1) is 25.5 Å². The van der Waals surface area contributed by atoms with Crippen molar-refractivity contribution in [1.82, 2.24) is 4.57 Å². The minimum Gasteiger partial charge on any atom is -0.391 e. The lowest BCUT2D eigenvalue weighted by Crippen LogP contribution is -2.04. The van der Waals surface area contributed by atoms with Crippen LogP contribution in [0.15, 0.2) is 84.0 Å². The molecule has 3 nitrogen and oxygen atoms in total. The van der Waals surface area contributed by atoms with Crippen molar-refractivity contribution < 1.29 is 13.6 Å². The van der Waals surface area contributed by atoms with E-state index >= 15 is 0 Å². The fourth-order valence-corrected chi connectivity index (χ4v) is 3.69. The molecule has 1 heterocycles. The second-order valence-electron chi connectivity index (χ2n) is 7.76. The fourth-order valence-electron chi connectivity index (χ4n) is 3.69. The van der Waals surface area contributed by atoms with Gasteiger partial charge in [-0.3, -0.25) is 0 Å². The molecule has 0 amide bonds. The Labute approximate surface area is 186 Å². The number of aromatic nitrogens is 1. The van der Waals surface area contributed by atoms with E-state index in [1.165, 1.54) is 23.8 Å². The van der Waals surface area contributed by atoms with Crippen LogP contribution in [0.1, 0.15) is 29.3 Å². The van der Waals surface area contributed by atoms with E-state index in [0.717, 1.165) is 28.1 Å². The van der Waals surface area contributed by atoms with E-state index in [1.807, 2.05) is 55.7 Å². The number of oxime groups is 1. The lowest BCUT2D eigenvalue weighted by atomic mass is 10.1. The van der Waals surface area contributed by atoms with Crippen molar-refractivity contribution >= 4 is 5.71 Å². The first kappa shape index (κ1) is 21.5. The van der Waals surface area contributed by atoms with Crippen molar-refractivity contribution in [2.75, 3.05) is 0 Å². The molecule has 162 valence electrons. The highest BCUT2D eigenvalue weighted by atomic mass is 19.1. The first-order valence-electron chi connectivity index (χ1n) is 10.4. The molecule has 0 aliphatic carbocycles. The van der Waals surface area contributed by atoms with Gasteiger partial charge in [0.15, 0.2) is 0 Å². The molecule has 0 saturated carbocycles. The minimum absolute atomic E-state index is 0.322. The number of nitrogens with zero attached hydrogens (tertiary/aromatic N) is 2. The molecule has 0 bridgehead atoms. The first-order chi connectivity index (χ1) is 15.4. The normalized spacial score (nSPS) is 11.6. The quantitative estimate of drug-likeness (QED) is 0.239. The monoisotopic (exact) mass is 430 g/mol. The van der Waals surface area contributed by atoms with Gasteiger partial charge in [0.2, 0.25) is 0 Å². The summed E-state index contributed by atoms with van der Waals surface area (Å²) in [4.78, 5) is 5.59. The van der Waals surface area contributed by atoms with Crippen LogP contribution < -0.4 is 0 Å². The highest BCUT2D eigenvalue weighted by Crippen LogP contribution is 2.31. The van der Waals surface area contributed by atoms with Crippen LogP contribution in [0.2, 0.25) is 0 Å². The Bertz CT molecular complexity index is 1260. The van der Waals surface area contributed by atoms with Crippen molar-refractivity contribution in [3.8, 4) is 16.9 Å². The largest absolute Gasteiger partial charge is 0.391 e. The molecule has 0 saturated heterocycles. The molecular formula is C27H24F2N2O. The van der Waals surface area contributed by atoms with Gasteiger partial charge in [-0.15, -0.1) is 0 Å². The van der Waals surface area contributed by atoms with E-state index in [-0.39, 0.29) is 11.6 Å². The van der Waals surface area contributed by atoms with Crippen molar-refractivity contribution in [3.63, 3.8) is 0 Å². The van der Waals surface area contributed by atoms with Gasteiger partial charge < -0.3 is 9.40 Å². The van der Waals surface area contributed by atoms with Crippen molar-refractivity contribution in [1.29, 1.82) is 0 Å². The molecule has 4 aromatic rings. The molecule has 0 radical (unpaired) electrons. The van der Waals surface area contributed by atoms with E-state index in [2.05, 4.69) is 5.16 Å². The Balaban J connectivity index is 1.72. The van der Waals surface area contributed by atoms with E-state index in [9.17, 15) is 8.78 Å². The van der Waals surface area contributed by atoms with E-state index in [4.69, 9.17) is 4.84 Å². The predicted octanol–water partition coefficient (Wildman–Crippen LogP) is 6.98. The maximum absolute atomic E-state index is 14.7. The highest BCUT2D eigenvalue weighted by molar-refractivity contribution is 6.01. The average molecular weight is 430 g/mol. The molecule has 0 spiro atoms. The molecule has 0 atom stereocenters. The summed E-state index contributed by atoms with van der Waals surface area (Å²) in [6.07, 6.45) is 0. The Hall–Kier alpha value is -3.73. The Morgan fingerprint density at radius 1 is 0.906 bits per heavy atom.